The highest BCUT2D eigenvalue weighted by Gasteiger charge is 2.22. The summed E-state index contributed by atoms with van der Waals surface area (Å²) >= 11 is 0. The maximum absolute atomic E-state index is 5.37. The third-order valence-electron chi connectivity index (χ3n) is 4.35. The summed E-state index contributed by atoms with van der Waals surface area (Å²) in [6, 6.07) is 0. The average Bonchev–Trinajstić information content (AvgIpc) is 3.34. The molecule has 0 aromatic heterocycles. The summed E-state index contributed by atoms with van der Waals surface area (Å²) in [5, 5.41) is 0. The van der Waals surface area contributed by atoms with Crippen molar-refractivity contribution in [1.82, 2.24) is 0 Å². The van der Waals surface area contributed by atoms with E-state index in [1.807, 2.05) is 6.26 Å². The van der Waals surface area contributed by atoms with Crippen LogP contribution in [0.4, 0.5) is 0 Å². The van der Waals surface area contributed by atoms with Crippen LogP contribution in [-0.2, 0) is 9.47 Å². The minimum absolute atomic E-state index is 0.376. The molecular formula is C20H38O2. The Morgan fingerprint density at radius 3 is 1.82 bits per heavy atom. The molecule has 0 N–H and O–H groups in total. The van der Waals surface area contributed by atoms with Crippen molar-refractivity contribution >= 4 is 0 Å². The molecule has 0 spiro atoms. The van der Waals surface area contributed by atoms with Crippen LogP contribution in [0.15, 0.2) is 12.3 Å². The van der Waals surface area contributed by atoms with E-state index in [4.69, 9.17) is 9.47 Å². The number of ether oxygens (including phenoxy) is 2. The molecule has 1 unspecified atom stereocenters. The van der Waals surface area contributed by atoms with E-state index in [1.54, 1.807) is 0 Å². The second-order valence-electron chi connectivity index (χ2n) is 6.69. The summed E-state index contributed by atoms with van der Waals surface area (Å²) in [6.45, 7) is 3.90. The van der Waals surface area contributed by atoms with Crippen LogP contribution in [0.3, 0.4) is 0 Å². The van der Waals surface area contributed by atoms with Crippen molar-refractivity contribution in [3.05, 3.63) is 12.3 Å². The molecule has 2 heteroatoms. The van der Waals surface area contributed by atoms with E-state index in [2.05, 4.69) is 13.0 Å². The number of allylic oxidation sites excluding steroid dienone is 1. The molecule has 0 aromatic carbocycles. The number of hydrogen-bond acceptors (Lipinski definition) is 2. The van der Waals surface area contributed by atoms with E-state index >= 15 is 0 Å². The summed E-state index contributed by atoms with van der Waals surface area (Å²) in [6.07, 6.45) is 24.0. The second-order valence-corrected chi connectivity index (χ2v) is 6.69. The van der Waals surface area contributed by atoms with Gasteiger partial charge in [-0.05, 0) is 18.9 Å². The predicted octanol–water partition coefficient (Wildman–Crippen LogP) is 6.40. The van der Waals surface area contributed by atoms with Gasteiger partial charge in [0.2, 0.25) is 0 Å². The molecule has 0 bridgehead atoms. The van der Waals surface area contributed by atoms with Crippen molar-refractivity contribution in [2.75, 3.05) is 13.2 Å². The van der Waals surface area contributed by atoms with Crippen LogP contribution in [0.25, 0.3) is 0 Å². The molecule has 0 saturated carbocycles. The van der Waals surface area contributed by atoms with Gasteiger partial charge in [-0.25, -0.2) is 0 Å². The standard InChI is InChI=1S/C20H38O2/c1-2-3-4-5-6-7-8-9-10-11-12-13-14-15-16-17-21-18-20-19-22-20/h16-17,20H,2-15,18-19H2,1H3/b17-16+. The van der Waals surface area contributed by atoms with Crippen LogP contribution in [0.2, 0.25) is 0 Å². The van der Waals surface area contributed by atoms with Crippen LogP contribution >= 0.6 is 0 Å². The second kappa shape index (κ2) is 15.4. The van der Waals surface area contributed by atoms with Crippen LogP contribution in [-0.4, -0.2) is 19.3 Å². The van der Waals surface area contributed by atoms with E-state index in [0.29, 0.717) is 6.10 Å². The lowest BCUT2D eigenvalue weighted by Gasteiger charge is -2.02. The Morgan fingerprint density at radius 1 is 0.818 bits per heavy atom. The van der Waals surface area contributed by atoms with Gasteiger partial charge in [0, 0.05) is 0 Å². The summed E-state index contributed by atoms with van der Waals surface area (Å²) < 4.78 is 10.4. The van der Waals surface area contributed by atoms with E-state index in [0.717, 1.165) is 19.6 Å². The Balaban J connectivity index is 1.64. The normalized spacial score (nSPS) is 17.2. The molecule has 130 valence electrons. The molecule has 22 heavy (non-hydrogen) atoms. The predicted molar refractivity (Wildman–Crippen MR) is 95.1 cm³/mol. The first-order valence-corrected chi connectivity index (χ1v) is 9.81. The zero-order chi connectivity index (χ0) is 15.7. The SMILES string of the molecule is CCCCCCCCCCCCCCC/C=C/OCC1CO1. The zero-order valence-corrected chi connectivity index (χ0v) is 14.9. The van der Waals surface area contributed by atoms with Gasteiger partial charge in [0.25, 0.3) is 0 Å². The Kier molecular flexibility index (Phi) is 13.7. The molecule has 1 aliphatic rings. The molecule has 0 aliphatic carbocycles. The van der Waals surface area contributed by atoms with E-state index in [1.165, 1.54) is 83.5 Å². The average molecular weight is 311 g/mol. The fourth-order valence-corrected chi connectivity index (χ4v) is 2.74. The minimum atomic E-state index is 0.376. The molecular weight excluding hydrogens is 272 g/mol. The lowest BCUT2D eigenvalue weighted by atomic mass is 10.0. The van der Waals surface area contributed by atoms with Gasteiger partial charge in [0.15, 0.2) is 0 Å². The van der Waals surface area contributed by atoms with Gasteiger partial charge in [-0.1, -0.05) is 84.0 Å². The van der Waals surface area contributed by atoms with E-state index < -0.39 is 0 Å². The molecule has 1 atom stereocenters. The van der Waals surface area contributed by atoms with Gasteiger partial charge in [0.05, 0.1) is 12.9 Å². The lowest BCUT2D eigenvalue weighted by Crippen LogP contribution is -1.94. The fraction of sp³-hybridized carbons (Fsp3) is 0.900. The van der Waals surface area contributed by atoms with Gasteiger partial charge >= 0.3 is 0 Å². The van der Waals surface area contributed by atoms with Crippen molar-refractivity contribution < 1.29 is 9.47 Å². The van der Waals surface area contributed by atoms with Crippen molar-refractivity contribution in [1.29, 1.82) is 0 Å². The number of hydrogen-bond donors (Lipinski definition) is 0. The molecule has 0 aromatic rings. The third kappa shape index (κ3) is 14.4. The molecule has 1 aliphatic heterocycles. The Hall–Kier alpha value is -0.500. The summed E-state index contributed by atoms with van der Waals surface area (Å²) in [4.78, 5) is 0. The first-order chi connectivity index (χ1) is 10.9. The van der Waals surface area contributed by atoms with Crippen molar-refractivity contribution in [3.8, 4) is 0 Å². The minimum Gasteiger partial charge on any atom is -0.499 e. The quantitative estimate of drug-likeness (QED) is 0.176. The maximum Gasteiger partial charge on any atom is 0.116 e. The van der Waals surface area contributed by atoms with Crippen LogP contribution in [0.5, 0.6) is 0 Å². The Bertz CT molecular complexity index is 246. The number of epoxide rings is 1. The highest BCUT2D eigenvalue weighted by Crippen LogP contribution is 2.13. The Morgan fingerprint density at radius 2 is 1.32 bits per heavy atom. The number of rotatable bonds is 17. The summed E-state index contributed by atoms with van der Waals surface area (Å²) in [7, 11) is 0. The highest BCUT2D eigenvalue weighted by atomic mass is 16.6. The highest BCUT2D eigenvalue weighted by molar-refractivity contribution is 4.75. The summed E-state index contributed by atoms with van der Waals surface area (Å²) in [5.74, 6) is 0. The maximum atomic E-state index is 5.37. The molecule has 2 nitrogen and oxygen atoms in total. The van der Waals surface area contributed by atoms with Crippen molar-refractivity contribution in [2.45, 2.75) is 103 Å². The fourth-order valence-electron chi connectivity index (χ4n) is 2.74. The molecule has 1 saturated heterocycles. The lowest BCUT2D eigenvalue weighted by molar-refractivity contribution is 0.211. The molecule has 1 fully saturated rings. The van der Waals surface area contributed by atoms with Gasteiger partial charge in [0.1, 0.15) is 12.7 Å². The van der Waals surface area contributed by atoms with Crippen LogP contribution < -0.4 is 0 Å². The third-order valence-corrected chi connectivity index (χ3v) is 4.35. The molecule has 0 amide bonds. The largest absolute Gasteiger partial charge is 0.499 e. The van der Waals surface area contributed by atoms with Crippen LogP contribution in [0, 0.1) is 0 Å². The van der Waals surface area contributed by atoms with Gasteiger partial charge < -0.3 is 9.47 Å². The van der Waals surface area contributed by atoms with Crippen molar-refractivity contribution in [3.63, 3.8) is 0 Å². The van der Waals surface area contributed by atoms with Gasteiger partial charge in [-0.3, -0.25) is 0 Å². The molecule has 1 rings (SSSR count). The topological polar surface area (TPSA) is 21.8 Å². The summed E-state index contributed by atoms with van der Waals surface area (Å²) in [5.41, 5.74) is 0. The Labute approximate surface area is 138 Å². The van der Waals surface area contributed by atoms with Crippen LogP contribution in [0.1, 0.15) is 96.8 Å². The number of unbranched alkanes of at least 4 members (excludes halogenated alkanes) is 13. The van der Waals surface area contributed by atoms with Gasteiger partial charge in [-0.15, -0.1) is 0 Å². The van der Waals surface area contributed by atoms with Crippen molar-refractivity contribution in [2.24, 2.45) is 0 Å². The van der Waals surface area contributed by atoms with E-state index in [-0.39, 0.29) is 0 Å². The van der Waals surface area contributed by atoms with E-state index in [9.17, 15) is 0 Å². The van der Waals surface area contributed by atoms with Gasteiger partial charge in [-0.2, -0.15) is 0 Å². The first kappa shape index (κ1) is 19.5. The smallest absolute Gasteiger partial charge is 0.116 e. The zero-order valence-electron chi connectivity index (χ0n) is 14.9. The molecule has 1 heterocycles. The molecule has 0 radical (unpaired) electrons. The first-order valence-electron chi connectivity index (χ1n) is 9.81. The monoisotopic (exact) mass is 310 g/mol.